The zero-order valence-electron chi connectivity index (χ0n) is 17.2. The molecule has 0 radical (unpaired) electrons. The lowest BCUT2D eigenvalue weighted by Crippen LogP contribution is -2.00. The molecular weight excluding hydrogens is 498 g/mol. The van der Waals surface area contributed by atoms with Crippen molar-refractivity contribution in [2.45, 2.75) is 0 Å². The van der Waals surface area contributed by atoms with E-state index >= 15 is 0 Å². The normalized spacial score (nSPS) is 10.4. The smallest absolute Gasteiger partial charge is 0.318 e. The lowest BCUT2D eigenvalue weighted by Gasteiger charge is -2.11. The maximum absolute atomic E-state index is 14.0. The largest absolute Gasteiger partial charge is 0.450 e. The van der Waals surface area contributed by atoms with Gasteiger partial charge in [-0.1, -0.05) is 0 Å². The van der Waals surface area contributed by atoms with E-state index in [4.69, 9.17) is 9.47 Å². The maximum atomic E-state index is 14.0. The van der Waals surface area contributed by atoms with Crippen molar-refractivity contribution in [3.8, 4) is 23.0 Å². The Morgan fingerprint density at radius 3 is 1.25 bits per heavy atom. The Hall–Kier alpha value is -5.61. The van der Waals surface area contributed by atoms with Gasteiger partial charge in [0.1, 0.15) is 29.9 Å². The van der Waals surface area contributed by atoms with Gasteiger partial charge in [0.25, 0.3) is 0 Å². The van der Waals surface area contributed by atoms with E-state index in [0.29, 0.717) is 24.3 Å². The molecule has 0 amide bonds. The lowest BCUT2D eigenvalue weighted by atomic mass is 10.2. The van der Waals surface area contributed by atoms with Crippen molar-refractivity contribution in [1.82, 2.24) is 0 Å². The number of nitrogens with zero attached hydrogens (tertiary/aromatic N) is 4. The predicted octanol–water partition coefficient (Wildman–Crippen LogP) is 4.99. The SMILES string of the molecule is O=Cc1cc(Oc2cc(F)c([N+](=O)[O-])cc2[N+](=O)[O-])cc(Oc2cc(F)c([N+](=O)[O-])cc2[N+](=O)[O-])c1. The van der Waals surface area contributed by atoms with Gasteiger partial charge in [-0.3, -0.25) is 45.3 Å². The van der Waals surface area contributed by atoms with Gasteiger partial charge in [-0.25, -0.2) is 0 Å². The molecule has 0 heterocycles. The number of ether oxygens (including phenoxy) is 2. The Morgan fingerprint density at radius 2 is 0.944 bits per heavy atom. The molecule has 3 aromatic carbocycles. The average Bonchev–Trinajstić information content (AvgIpc) is 2.78. The zero-order valence-corrected chi connectivity index (χ0v) is 17.2. The van der Waals surface area contributed by atoms with Gasteiger partial charge < -0.3 is 9.47 Å². The highest BCUT2D eigenvalue weighted by atomic mass is 19.1. The van der Waals surface area contributed by atoms with Crippen LogP contribution in [0.2, 0.25) is 0 Å². The van der Waals surface area contributed by atoms with Gasteiger partial charge >= 0.3 is 22.7 Å². The highest BCUT2D eigenvalue weighted by molar-refractivity contribution is 5.77. The van der Waals surface area contributed by atoms with Crippen LogP contribution in [0, 0.1) is 52.1 Å². The Labute approximate surface area is 195 Å². The van der Waals surface area contributed by atoms with Crippen molar-refractivity contribution in [2.75, 3.05) is 0 Å². The molecule has 15 nitrogen and oxygen atoms in total. The van der Waals surface area contributed by atoms with Crippen LogP contribution in [-0.2, 0) is 0 Å². The fourth-order valence-electron chi connectivity index (χ4n) is 2.83. The molecule has 0 saturated carbocycles. The first-order chi connectivity index (χ1) is 16.9. The number of nitro benzene ring substituents is 4. The molecule has 3 aromatic rings. The van der Waals surface area contributed by atoms with Crippen molar-refractivity contribution in [3.05, 3.63) is 100 Å². The summed E-state index contributed by atoms with van der Waals surface area (Å²) >= 11 is 0. The minimum Gasteiger partial charge on any atom is -0.450 e. The molecule has 0 spiro atoms. The first-order valence-electron chi connectivity index (χ1n) is 9.12. The van der Waals surface area contributed by atoms with E-state index in [1.165, 1.54) is 0 Å². The van der Waals surface area contributed by atoms with Crippen molar-refractivity contribution >= 4 is 29.0 Å². The third kappa shape index (κ3) is 5.14. The Morgan fingerprint density at radius 1 is 0.583 bits per heavy atom. The van der Waals surface area contributed by atoms with Crippen molar-refractivity contribution < 1.29 is 42.7 Å². The quantitative estimate of drug-likeness (QED) is 0.214. The van der Waals surface area contributed by atoms with E-state index < -0.39 is 77.1 Å². The van der Waals surface area contributed by atoms with Gasteiger partial charge in [0.15, 0.2) is 0 Å². The standard InChI is InChI=1S/C19H8F2N4O11/c20-12-4-18(16(24(31)32)6-14(12)22(27)28)35-10-1-9(8-26)2-11(3-10)36-19-5-13(21)15(23(29)30)7-17(19)25(33)34/h1-8H. The summed E-state index contributed by atoms with van der Waals surface area (Å²) in [5.41, 5.74) is -4.64. The van der Waals surface area contributed by atoms with Crippen LogP contribution in [0.15, 0.2) is 42.5 Å². The van der Waals surface area contributed by atoms with E-state index in [0.717, 1.165) is 18.2 Å². The summed E-state index contributed by atoms with van der Waals surface area (Å²) in [6, 6.07) is 4.26. The van der Waals surface area contributed by atoms with Crippen LogP contribution in [0.25, 0.3) is 0 Å². The fraction of sp³-hybridized carbons (Fsp3) is 0. The van der Waals surface area contributed by atoms with Crippen LogP contribution in [0.3, 0.4) is 0 Å². The second kappa shape index (κ2) is 9.71. The Bertz CT molecular complexity index is 1360. The van der Waals surface area contributed by atoms with Crippen molar-refractivity contribution in [3.63, 3.8) is 0 Å². The number of benzene rings is 3. The molecule has 0 aliphatic rings. The third-order valence-electron chi connectivity index (χ3n) is 4.34. The summed E-state index contributed by atoms with van der Waals surface area (Å²) in [4.78, 5) is 51.0. The summed E-state index contributed by atoms with van der Waals surface area (Å²) < 4.78 is 38.5. The summed E-state index contributed by atoms with van der Waals surface area (Å²) in [6.07, 6.45) is 0.245. The van der Waals surface area contributed by atoms with E-state index in [9.17, 15) is 54.0 Å². The molecule has 0 unspecified atom stereocenters. The maximum Gasteiger partial charge on any atom is 0.318 e. The van der Waals surface area contributed by atoms with Crippen LogP contribution in [0.5, 0.6) is 23.0 Å². The average molecular weight is 506 g/mol. The van der Waals surface area contributed by atoms with Crippen LogP contribution in [0.4, 0.5) is 31.5 Å². The molecule has 0 bridgehead atoms. The second-order valence-electron chi connectivity index (χ2n) is 6.63. The molecule has 0 atom stereocenters. The minimum atomic E-state index is -1.47. The lowest BCUT2D eigenvalue weighted by molar-refractivity contribution is -0.396. The Kier molecular flexibility index (Phi) is 6.75. The topological polar surface area (TPSA) is 208 Å². The molecule has 0 aromatic heterocycles. The van der Waals surface area contributed by atoms with Crippen LogP contribution in [-0.4, -0.2) is 26.0 Å². The van der Waals surface area contributed by atoms with Gasteiger partial charge in [-0.05, 0) is 12.1 Å². The molecule has 36 heavy (non-hydrogen) atoms. The first kappa shape index (κ1) is 25.0. The summed E-state index contributed by atoms with van der Waals surface area (Å²) in [5, 5.41) is 44.3. The highest BCUT2D eigenvalue weighted by Crippen LogP contribution is 2.40. The number of halogens is 2. The van der Waals surface area contributed by atoms with Gasteiger partial charge in [0, 0.05) is 23.8 Å². The molecule has 0 N–H and O–H groups in total. The number of carbonyl (C=O) groups excluding carboxylic acids is 1. The highest BCUT2D eigenvalue weighted by Gasteiger charge is 2.28. The summed E-state index contributed by atoms with van der Waals surface area (Å²) in [6.45, 7) is 0. The number of nitro groups is 4. The van der Waals surface area contributed by atoms with Gasteiger partial charge in [-0.15, -0.1) is 0 Å². The van der Waals surface area contributed by atoms with E-state index in [1.54, 1.807) is 0 Å². The van der Waals surface area contributed by atoms with Gasteiger partial charge in [0.05, 0.1) is 19.7 Å². The van der Waals surface area contributed by atoms with E-state index in [2.05, 4.69) is 0 Å². The fourth-order valence-corrected chi connectivity index (χ4v) is 2.83. The first-order valence-corrected chi connectivity index (χ1v) is 9.12. The molecule has 3 rings (SSSR count). The van der Waals surface area contributed by atoms with Crippen LogP contribution >= 0.6 is 0 Å². The molecule has 184 valence electrons. The minimum absolute atomic E-state index is 0.224. The number of hydrogen-bond acceptors (Lipinski definition) is 11. The number of rotatable bonds is 9. The second-order valence-corrected chi connectivity index (χ2v) is 6.63. The zero-order chi connectivity index (χ0) is 26.7. The van der Waals surface area contributed by atoms with Crippen LogP contribution < -0.4 is 9.47 Å². The summed E-state index contributed by atoms with van der Waals surface area (Å²) in [7, 11) is 0. The number of hydrogen-bond donors (Lipinski definition) is 0. The van der Waals surface area contributed by atoms with Gasteiger partial charge in [-0.2, -0.15) is 8.78 Å². The molecule has 0 saturated heterocycles. The summed E-state index contributed by atoms with van der Waals surface area (Å²) in [5.74, 6) is -5.39. The van der Waals surface area contributed by atoms with Crippen LogP contribution in [0.1, 0.15) is 10.4 Å². The van der Waals surface area contributed by atoms with Crippen molar-refractivity contribution in [2.24, 2.45) is 0 Å². The molecular formula is C19H8F2N4O11. The van der Waals surface area contributed by atoms with Gasteiger partial charge in [0.2, 0.25) is 23.1 Å². The third-order valence-corrected chi connectivity index (χ3v) is 4.34. The monoisotopic (exact) mass is 506 g/mol. The number of aldehydes is 1. The molecule has 0 fully saturated rings. The molecule has 17 heteroatoms. The number of carbonyl (C=O) groups is 1. The predicted molar refractivity (Wildman–Crippen MR) is 111 cm³/mol. The van der Waals surface area contributed by atoms with Crippen molar-refractivity contribution in [1.29, 1.82) is 0 Å². The van der Waals surface area contributed by atoms with E-state index in [1.807, 2.05) is 0 Å². The molecule has 0 aliphatic heterocycles. The van der Waals surface area contributed by atoms with E-state index in [-0.39, 0.29) is 11.8 Å². The Balaban J connectivity index is 2.07. The molecule has 0 aliphatic carbocycles.